The Balaban J connectivity index is 1.40. The van der Waals surface area contributed by atoms with Crippen molar-refractivity contribution in [2.24, 2.45) is 0 Å². The molecule has 2 aliphatic rings. The first kappa shape index (κ1) is 16.3. The van der Waals surface area contributed by atoms with Gasteiger partial charge < -0.3 is 15.4 Å². The van der Waals surface area contributed by atoms with Crippen molar-refractivity contribution in [3.63, 3.8) is 0 Å². The van der Waals surface area contributed by atoms with Crippen LogP contribution in [0.1, 0.15) is 17.7 Å². The van der Waals surface area contributed by atoms with Gasteiger partial charge in [0.05, 0.1) is 24.6 Å². The third-order valence-electron chi connectivity index (χ3n) is 4.62. The van der Waals surface area contributed by atoms with Gasteiger partial charge in [-0.15, -0.1) is 0 Å². The maximum Gasteiger partial charge on any atom is 0.434 e. The van der Waals surface area contributed by atoms with E-state index in [-0.39, 0.29) is 11.4 Å². The van der Waals surface area contributed by atoms with E-state index < -0.39 is 11.9 Å². The number of morpholine rings is 1. The number of nitrogens with zero attached hydrogens (tertiary/aromatic N) is 2. The van der Waals surface area contributed by atoms with Crippen LogP contribution in [0.4, 0.5) is 24.7 Å². The molecule has 5 nitrogen and oxygen atoms in total. The van der Waals surface area contributed by atoms with Gasteiger partial charge in [0, 0.05) is 24.7 Å². The van der Waals surface area contributed by atoms with E-state index in [2.05, 4.69) is 20.6 Å². The molecule has 2 bridgehead atoms. The predicted molar refractivity (Wildman–Crippen MR) is 85.6 cm³/mol. The Morgan fingerprint density at radius 1 is 1.20 bits per heavy atom. The molecule has 0 aliphatic carbocycles. The van der Waals surface area contributed by atoms with Crippen LogP contribution in [0, 0.1) is 0 Å². The van der Waals surface area contributed by atoms with Gasteiger partial charge in [0.2, 0.25) is 0 Å². The summed E-state index contributed by atoms with van der Waals surface area (Å²) < 4.78 is 43.4. The smallest absolute Gasteiger partial charge is 0.372 e. The number of hydrogen-bond donors (Lipinski definition) is 2. The average molecular weight is 350 g/mol. The molecular formula is C17H17F3N4O. The molecule has 132 valence electrons. The van der Waals surface area contributed by atoms with Crippen LogP contribution in [-0.4, -0.2) is 34.8 Å². The van der Waals surface area contributed by atoms with E-state index in [0.717, 1.165) is 49.6 Å². The van der Waals surface area contributed by atoms with E-state index in [1.807, 2.05) is 24.3 Å². The molecular weight excluding hydrogens is 333 g/mol. The lowest BCUT2D eigenvalue weighted by Crippen LogP contribution is -2.40. The number of rotatable bonds is 4. The molecule has 3 heterocycles. The highest BCUT2D eigenvalue weighted by atomic mass is 19.4. The molecule has 2 saturated heterocycles. The molecule has 2 atom stereocenters. The molecule has 0 unspecified atom stereocenters. The van der Waals surface area contributed by atoms with Crippen molar-refractivity contribution in [1.29, 1.82) is 0 Å². The fraction of sp³-hybridized carbons (Fsp3) is 0.412. The van der Waals surface area contributed by atoms with Crippen molar-refractivity contribution in [3.05, 3.63) is 47.9 Å². The normalized spacial score (nSPS) is 25.3. The first-order chi connectivity index (χ1) is 11.9. The number of benzene rings is 1. The van der Waals surface area contributed by atoms with E-state index in [1.165, 1.54) is 0 Å². The second-order valence-electron chi connectivity index (χ2n) is 6.56. The molecule has 0 radical (unpaired) electrons. The Hall–Kier alpha value is -2.19. The van der Waals surface area contributed by atoms with E-state index in [9.17, 15) is 13.2 Å². The van der Waals surface area contributed by atoms with Gasteiger partial charge in [0.25, 0.3) is 0 Å². The predicted octanol–water partition coefficient (Wildman–Crippen LogP) is 2.91. The van der Waals surface area contributed by atoms with Gasteiger partial charge >= 0.3 is 6.18 Å². The summed E-state index contributed by atoms with van der Waals surface area (Å²) in [5.74, 6) is 0.265. The van der Waals surface area contributed by atoms with Crippen LogP contribution in [0.2, 0.25) is 0 Å². The highest BCUT2D eigenvalue weighted by Crippen LogP contribution is 2.34. The Morgan fingerprint density at radius 3 is 2.52 bits per heavy atom. The van der Waals surface area contributed by atoms with E-state index in [0.29, 0.717) is 6.04 Å². The number of halogens is 3. The number of nitrogens with one attached hydrogen (secondary N) is 2. The molecule has 8 heteroatoms. The molecule has 0 spiro atoms. The van der Waals surface area contributed by atoms with Gasteiger partial charge in [-0.05, 0) is 24.1 Å². The maximum atomic E-state index is 12.5. The fourth-order valence-corrected chi connectivity index (χ4v) is 3.38. The topological polar surface area (TPSA) is 59.1 Å². The number of anilines is 2. The van der Waals surface area contributed by atoms with Gasteiger partial charge in [-0.3, -0.25) is 0 Å². The molecule has 4 rings (SSSR count). The van der Waals surface area contributed by atoms with E-state index in [4.69, 9.17) is 4.74 Å². The standard InChI is InChI=1S/C17H17F3N4O/c18-17(19,20)14-7-22-15(8-21-14)24-12-3-1-11(2-4-12)5-16-6-13(9-25-16)23-10-16/h1-4,7-8,13,23H,5-6,9-10H2,(H,22,24)/t13-,16-/m0/s1. The third kappa shape index (κ3) is 3.45. The first-order valence-corrected chi connectivity index (χ1v) is 8.05. The largest absolute Gasteiger partial charge is 0.434 e. The third-order valence-corrected chi connectivity index (χ3v) is 4.62. The Kier molecular flexibility index (Phi) is 3.88. The number of aromatic nitrogens is 2. The highest BCUT2D eigenvalue weighted by molar-refractivity contribution is 5.55. The van der Waals surface area contributed by atoms with Crippen molar-refractivity contribution in [2.75, 3.05) is 18.5 Å². The van der Waals surface area contributed by atoms with Crippen molar-refractivity contribution in [1.82, 2.24) is 15.3 Å². The summed E-state index contributed by atoms with van der Waals surface area (Å²) >= 11 is 0. The van der Waals surface area contributed by atoms with Gasteiger partial charge in [-0.2, -0.15) is 13.2 Å². The number of alkyl halides is 3. The maximum absolute atomic E-state index is 12.5. The van der Waals surface area contributed by atoms with Gasteiger partial charge in [0.15, 0.2) is 5.69 Å². The van der Waals surface area contributed by atoms with Crippen molar-refractivity contribution < 1.29 is 17.9 Å². The van der Waals surface area contributed by atoms with Gasteiger partial charge in [0.1, 0.15) is 5.82 Å². The van der Waals surface area contributed by atoms with Gasteiger partial charge in [-0.25, -0.2) is 9.97 Å². The molecule has 2 fully saturated rings. The molecule has 2 aliphatic heterocycles. The first-order valence-electron chi connectivity index (χ1n) is 8.05. The van der Waals surface area contributed by atoms with Crippen LogP contribution in [0.5, 0.6) is 0 Å². The second-order valence-corrected chi connectivity index (χ2v) is 6.56. The molecule has 0 amide bonds. The lowest BCUT2D eigenvalue weighted by molar-refractivity contribution is -0.141. The molecule has 2 N–H and O–H groups in total. The minimum Gasteiger partial charge on any atom is -0.372 e. The Bertz CT molecular complexity index is 738. The quantitative estimate of drug-likeness (QED) is 0.888. The molecule has 25 heavy (non-hydrogen) atoms. The van der Waals surface area contributed by atoms with Crippen molar-refractivity contribution in [3.8, 4) is 0 Å². The SMILES string of the molecule is FC(F)(F)c1cnc(Nc2ccc(C[C@]34CN[C@H](CO3)C4)cc2)cn1. The van der Waals surface area contributed by atoms with Crippen LogP contribution in [0.25, 0.3) is 0 Å². The van der Waals surface area contributed by atoms with Crippen molar-refractivity contribution in [2.45, 2.75) is 30.7 Å². The lowest BCUT2D eigenvalue weighted by atomic mass is 9.93. The monoisotopic (exact) mass is 350 g/mol. The summed E-state index contributed by atoms with van der Waals surface area (Å²) in [6.45, 7) is 1.64. The van der Waals surface area contributed by atoms with E-state index >= 15 is 0 Å². The second kappa shape index (κ2) is 5.96. The summed E-state index contributed by atoms with van der Waals surface area (Å²) in [7, 11) is 0. The van der Waals surface area contributed by atoms with Crippen molar-refractivity contribution >= 4 is 11.5 Å². The van der Waals surface area contributed by atoms with Crippen LogP contribution >= 0.6 is 0 Å². The zero-order valence-corrected chi connectivity index (χ0v) is 13.3. The summed E-state index contributed by atoms with van der Waals surface area (Å²) in [5, 5.41) is 6.39. The number of hydrogen-bond acceptors (Lipinski definition) is 5. The highest BCUT2D eigenvalue weighted by Gasteiger charge is 2.45. The lowest BCUT2D eigenvalue weighted by Gasteiger charge is -2.26. The van der Waals surface area contributed by atoms with Gasteiger partial charge in [-0.1, -0.05) is 12.1 Å². The molecule has 2 aromatic rings. The fourth-order valence-electron chi connectivity index (χ4n) is 3.38. The molecule has 0 saturated carbocycles. The van der Waals surface area contributed by atoms with E-state index in [1.54, 1.807) is 0 Å². The average Bonchev–Trinajstić information content (AvgIpc) is 3.17. The number of fused-ring (bicyclic) bond motifs is 2. The zero-order valence-electron chi connectivity index (χ0n) is 13.3. The minimum absolute atomic E-state index is 0.0987. The number of ether oxygens (including phenoxy) is 1. The molecule has 1 aromatic carbocycles. The summed E-state index contributed by atoms with van der Waals surface area (Å²) in [6.07, 6.45) is -0.808. The zero-order chi connectivity index (χ0) is 17.5. The van der Waals surface area contributed by atoms with Crippen LogP contribution in [0.15, 0.2) is 36.7 Å². The van der Waals surface area contributed by atoms with Crippen LogP contribution in [-0.2, 0) is 17.3 Å². The van der Waals surface area contributed by atoms with Crippen LogP contribution < -0.4 is 10.6 Å². The Morgan fingerprint density at radius 2 is 2.00 bits per heavy atom. The minimum atomic E-state index is -4.48. The summed E-state index contributed by atoms with van der Waals surface area (Å²) in [6, 6.07) is 8.20. The summed E-state index contributed by atoms with van der Waals surface area (Å²) in [4.78, 5) is 7.14. The van der Waals surface area contributed by atoms with Crippen LogP contribution in [0.3, 0.4) is 0 Å². The Labute approximate surface area is 142 Å². The summed E-state index contributed by atoms with van der Waals surface area (Å²) in [5.41, 5.74) is 0.796. The molecule has 1 aromatic heterocycles.